The van der Waals surface area contributed by atoms with E-state index in [2.05, 4.69) is 4.89 Å². The summed E-state index contributed by atoms with van der Waals surface area (Å²) in [4.78, 5) is 20.6. The number of hydrogen-bond donors (Lipinski definition) is 1. The summed E-state index contributed by atoms with van der Waals surface area (Å²) < 4.78 is 0. The van der Waals surface area contributed by atoms with E-state index >= 15 is 0 Å². The summed E-state index contributed by atoms with van der Waals surface area (Å²) in [5, 5.41) is 9.03. The second-order valence-corrected chi connectivity index (χ2v) is 3.86. The van der Waals surface area contributed by atoms with Gasteiger partial charge in [-0.2, -0.15) is 0 Å². The van der Waals surface area contributed by atoms with Crippen LogP contribution >= 0.6 is 0 Å². The van der Waals surface area contributed by atoms with Crippen LogP contribution in [0.5, 0.6) is 0 Å². The van der Waals surface area contributed by atoms with Crippen molar-refractivity contribution in [1.82, 2.24) is 0 Å². The van der Waals surface area contributed by atoms with E-state index in [-0.39, 0.29) is 17.9 Å². The Morgan fingerprint density at radius 1 is 1.43 bits per heavy atom. The first kappa shape index (κ1) is 11.5. The summed E-state index contributed by atoms with van der Waals surface area (Å²) in [6, 6.07) is 0. The van der Waals surface area contributed by atoms with Crippen molar-refractivity contribution in [3.63, 3.8) is 0 Å². The largest absolute Gasteiger partial charge is 0.481 e. The molecule has 0 radical (unpaired) electrons. The lowest BCUT2D eigenvalue weighted by Crippen LogP contribution is -2.35. The summed E-state index contributed by atoms with van der Waals surface area (Å²) >= 11 is 0. The monoisotopic (exact) mass is 202 g/mol. The lowest BCUT2D eigenvalue weighted by molar-refractivity contribution is -0.314. The molecule has 3 unspecified atom stereocenters. The molecule has 1 aliphatic rings. The van der Waals surface area contributed by atoms with Crippen molar-refractivity contribution in [2.75, 3.05) is 7.11 Å². The summed E-state index contributed by atoms with van der Waals surface area (Å²) in [7, 11) is 1.45. The smallest absolute Gasteiger partial charge is 0.306 e. The number of hydrogen-bond acceptors (Lipinski definition) is 3. The maximum absolute atomic E-state index is 11.0. The quantitative estimate of drug-likeness (QED) is 0.558. The SMILES string of the molecule is COOC(C)C1CCCCC1C(=O)O. The Kier molecular flexibility index (Phi) is 4.35. The molecule has 0 heterocycles. The molecule has 4 heteroatoms. The molecule has 0 spiro atoms. The second-order valence-electron chi connectivity index (χ2n) is 3.86. The fourth-order valence-electron chi connectivity index (χ4n) is 2.25. The van der Waals surface area contributed by atoms with Crippen LogP contribution in [-0.4, -0.2) is 24.3 Å². The van der Waals surface area contributed by atoms with Crippen molar-refractivity contribution >= 4 is 5.97 Å². The molecule has 3 atom stereocenters. The molecule has 1 aliphatic carbocycles. The van der Waals surface area contributed by atoms with E-state index in [9.17, 15) is 4.79 Å². The van der Waals surface area contributed by atoms with Gasteiger partial charge in [-0.15, -0.1) is 0 Å². The van der Waals surface area contributed by atoms with Crippen LogP contribution in [0.1, 0.15) is 32.6 Å². The van der Waals surface area contributed by atoms with Crippen LogP contribution in [0.25, 0.3) is 0 Å². The molecule has 4 nitrogen and oxygen atoms in total. The van der Waals surface area contributed by atoms with Crippen LogP contribution in [0.4, 0.5) is 0 Å². The zero-order valence-electron chi connectivity index (χ0n) is 8.73. The van der Waals surface area contributed by atoms with Gasteiger partial charge in [0.05, 0.1) is 19.1 Å². The molecular weight excluding hydrogens is 184 g/mol. The molecule has 1 N–H and O–H groups in total. The molecule has 1 fully saturated rings. The van der Waals surface area contributed by atoms with E-state index in [1.807, 2.05) is 6.92 Å². The fraction of sp³-hybridized carbons (Fsp3) is 0.900. The minimum absolute atomic E-state index is 0.0844. The Bertz CT molecular complexity index is 193. The van der Waals surface area contributed by atoms with Gasteiger partial charge < -0.3 is 5.11 Å². The second kappa shape index (κ2) is 5.32. The maximum atomic E-state index is 11.0. The van der Waals surface area contributed by atoms with Crippen molar-refractivity contribution in [3.05, 3.63) is 0 Å². The molecule has 0 bridgehead atoms. The van der Waals surface area contributed by atoms with Gasteiger partial charge in [0.25, 0.3) is 0 Å². The van der Waals surface area contributed by atoms with Crippen LogP contribution in [0.3, 0.4) is 0 Å². The average Bonchev–Trinajstić information content (AvgIpc) is 2.18. The molecule has 1 saturated carbocycles. The van der Waals surface area contributed by atoms with Gasteiger partial charge in [-0.25, -0.2) is 9.78 Å². The van der Waals surface area contributed by atoms with E-state index in [0.717, 1.165) is 25.7 Å². The minimum Gasteiger partial charge on any atom is -0.481 e. The first-order chi connectivity index (χ1) is 6.66. The molecule has 0 aromatic rings. The summed E-state index contributed by atoms with van der Waals surface area (Å²) in [5.41, 5.74) is 0. The van der Waals surface area contributed by atoms with Crippen molar-refractivity contribution in [3.8, 4) is 0 Å². The third-order valence-corrected chi connectivity index (χ3v) is 2.99. The van der Waals surface area contributed by atoms with Crippen molar-refractivity contribution in [1.29, 1.82) is 0 Å². The maximum Gasteiger partial charge on any atom is 0.306 e. The molecule has 0 aromatic heterocycles. The van der Waals surface area contributed by atoms with Crippen LogP contribution in [0, 0.1) is 11.8 Å². The highest BCUT2D eigenvalue weighted by Gasteiger charge is 2.35. The topological polar surface area (TPSA) is 55.8 Å². The number of carboxylic acids is 1. The number of carbonyl (C=O) groups is 1. The Hall–Kier alpha value is -0.610. The molecule has 0 aliphatic heterocycles. The zero-order valence-corrected chi connectivity index (χ0v) is 8.73. The first-order valence-corrected chi connectivity index (χ1v) is 5.09. The van der Waals surface area contributed by atoms with Gasteiger partial charge in [-0.3, -0.25) is 4.79 Å². The summed E-state index contributed by atoms with van der Waals surface area (Å²) in [5.74, 6) is -0.892. The molecule has 0 saturated heterocycles. The van der Waals surface area contributed by atoms with Crippen LogP contribution < -0.4 is 0 Å². The molecular formula is C10H18O4. The highest BCUT2D eigenvalue weighted by atomic mass is 17.2. The zero-order chi connectivity index (χ0) is 10.6. The van der Waals surface area contributed by atoms with Gasteiger partial charge in [0.2, 0.25) is 0 Å². The molecule has 14 heavy (non-hydrogen) atoms. The number of carboxylic acid groups (broad SMARTS) is 1. The fourth-order valence-corrected chi connectivity index (χ4v) is 2.25. The first-order valence-electron chi connectivity index (χ1n) is 5.09. The highest BCUT2D eigenvalue weighted by molar-refractivity contribution is 5.70. The Balaban J connectivity index is 2.57. The van der Waals surface area contributed by atoms with Crippen LogP contribution in [0.2, 0.25) is 0 Å². The van der Waals surface area contributed by atoms with Gasteiger partial charge in [0.15, 0.2) is 0 Å². The molecule has 82 valence electrons. The van der Waals surface area contributed by atoms with Gasteiger partial charge in [0, 0.05) is 5.92 Å². The normalized spacial score (nSPS) is 29.9. The highest BCUT2D eigenvalue weighted by Crippen LogP contribution is 2.33. The van der Waals surface area contributed by atoms with E-state index in [4.69, 9.17) is 9.99 Å². The molecule has 1 rings (SSSR count). The van der Waals surface area contributed by atoms with Gasteiger partial charge in [0.1, 0.15) is 0 Å². The Morgan fingerprint density at radius 2 is 2.07 bits per heavy atom. The van der Waals surface area contributed by atoms with Crippen LogP contribution in [0.15, 0.2) is 0 Å². The van der Waals surface area contributed by atoms with Gasteiger partial charge in [-0.1, -0.05) is 12.8 Å². The third kappa shape index (κ3) is 2.69. The third-order valence-electron chi connectivity index (χ3n) is 2.99. The minimum atomic E-state index is -0.707. The number of rotatable bonds is 4. The van der Waals surface area contributed by atoms with E-state index in [1.54, 1.807) is 0 Å². The number of aliphatic carboxylic acids is 1. The Labute approximate surface area is 84.1 Å². The van der Waals surface area contributed by atoms with Crippen molar-refractivity contribution in [2.45, 2.75) is 38.7 Å². The predicted octanol–water partition coefficient (Wildman–Crippen LogP) is 1.84. The molecule has 0 amide bonds. The summed E-state index contributed by atoms with van der Waals surface area (Å²) in [6.07, 6.45) is 3.64. The predicted molar refractivity (Wildman–Crippen MR) is 50.6 cm³/mol. The van der Waals surface area contributed by atoms with Crippen molar-refractivity contribution in [2.24, 2.45) is 11.8 Å². The lowest BCUT2D eigenvalue weighted by atomic mass is 9.76. The van der Waals surface area contributed by atoms with Gasteiger partial charge >= 0.3 is 5.97 Å². The Morgan fingerprint density at radius 3 is 2.64 bits per heavy atom. The lowest BCUT2D eigenvalue weighted by Gasteiger charge is -2.31. The van der Waals surface area contributed by atoms with E-state index < -0.39 is 5.97 Å². The standard InChI is InChI=1S/C10H18O4/c1-7(14-13-2)8-5-3-4-6-9(8)10(11)12/h7-9H,3-6H2,1-2H3,(H,11,12). The van der Waals surface area contributed by atoms with Crippen molar-refractivity contribution < 1.29 is 19.7 Å². The van der Waals surface area contributed by atoms with E-state index in [0.29, 0.717) is 0 Å². The average molecular weight is 202 g/mol. The van der Waals surface area contributed by atoms with Crippen LogP contribution in [-0.2, 0) is 14.6 Å². The summed E-state index contributed by atoms with van der Waals surface area (Å²) in [6.45, 7) is 1.87. The van der Waals surface area contributed by atoms with E-state index in [1.165, 1.54) is 7.11 Å². The molecule has 0 aromatic carbocycles. The van der Waals surface area contributed by atoms with Gasteiger partial charge in [-0.05, 0) is 19.8 Å².